The van der Waals surface area contributed by atoms with Gasteiger partial charge in [0.2, 0.25) is 5.91 Å². The highest BCUT2D eigenvalue weighted by atomic mass is 16.3. The Bertz CT molecular complexity index is 248. The van der Waals surface area contributed by atoms with Gasteiger partial charge in [0.25, 0.3) is 0 Å². The summed E-state index contributed by atoms with van der Waals surface area (Å²) in [6.07, 6.45) is 5.40. The molecule has 0 radical (unpaired) electrons. The van der Waals surface area contributed by atoms with Crippen molar-refractivity contribution in [3.63, 3.8) is 0 Å². The molecule has 0 bridgehead atoms. The maximum Gasteiger partial charge on any atom is 0.227 e. The second-order valence-electron chi connectivity index (χ2n) is 5.29. The van der Waals surface area contributed by atoms with E-state index in [4.69, 9.17) is 5.73 Å². The molecule has 17 heavy (non-hydrogen) atoms. The number of hydrogen-bond acceptors (Lipinski definition) is 3. The average Bonchev–Trinajstić information content (AvgIpc) is 2.81. The van der Waals surface area contributed by atoms with E-state index in [-0.39, 0.29) is 18.1 Å². The van der Waals surface area contributed by atoms with E-state index in [0.717, 1.165) is 38.5 Å². The van der Waals surface area contributed by atoms with Gasteiger partial charge in [0, 0.05) is 6.54 Å². The molecule has 1 rings (SSSR count). The van der Waals surface area contributed by atoms with Crippen LogP contribution < -0.4 is 11.1 Å². The zero-order chi connectivity index (χ0) is 12.9. The van der Waals surface area contributed by atoms with Crippen LogP contribution in [0.5, 0.6) is 0 Å². The van der Waals surface area contributed by atoms with E-state index in [2.05, 4.69) is 5.32 Å². The number of nitrogens with two attached hydrogens (primary N) is 1. The predicted molar refractivity (Wildman–Crippen MR) is 68.5 cm³/mol. The fraction of sp³-hybridized carbons (Fsp3) is 0.923. The summed E-state index contributed by atoms with van der Waals surface area (Å²) in [4.78, 5) is 12.4. The van der Waals surface area contributed by atoms with Crippen LogP contribution in [0.25, 0.3) is 0 Å². The monoisotopic (exact) mass is 242 g/mol. The van der Waals surface area contributed by atoms with E-state index in [1.807, 2.05) is 13.8 Å². The van der Waals surface area contributed by atoms with Crippen molar-refractivity contribution < 1.29 is 9.90 Å². The largest absolute Gasteiger partial charge is 0.394 e. The highest BCUT2D eigenvalue weighted by Gasteiger charge is 2.40. The lowest BCUT2D eigenvalue weighted by Gasteiger charge is -2.35. The van der Waals surface area contributed by atoms with Crippen molar-refractivity contribution in [2.45, 2.75) is 57.9 Å². The second kappa shape index (κ2) is 5.83. The highest BCUT2D eigenvalue weighted by molar-refractivity contribution is 5.83. The topological polar surface area (TPSA) is 75.4 Å². The molecule has 4 N–H and O–H groups in total. The first-order valence-corrected chi connectivity index (χ1v) is 6.71. The molecule has 0 atom stereocenters. The van der Waals surface area contributed by atoms with E-state index < -0.39 is 5.41 Å². The Balaban J connectivity index is 2.75. The molecule has 1 saturated carbocycles. The quantitative estimate of drug-likeness (QED) is 0.654. The van der Waals surface area contributed by atoms with Crippen molar-refractivity contribution in [3.8, 4) is 0 Å². The van der Waals surface area contributed by atoms with Gasteiger partial charge in [0.15, 0.2) is 0 Å². The maximum absolute atomic E-state index is 12.4. The van der Waals surface area contributed by atoms with Crippen LogP contribution in [0.4, 0.5) is 0 Å². The van der Waals surface area contributed by atoms with Crippen molar-refractivity contribution in [2.24, 2.45) is 11.1 Å². The van der Waals surface area contributed by atoms with E-state index in [1.54, 1.807) is 0 Å². The van der Waals surface area contributed by atoms with Gasteiger partial charge in [-0.1, -0.05) is 26.7 Å². The number of aliphatic hydroxyl groups excluding tert-OH is 1. The SMILES string of the molecule is CCC(CC)(CN)C(=O)NC1(CO)CCCC1. The Morgan fingerprint density at radius 2 is 1.88 bits per heavy atom. The number of carbonyl (C=O) groups excluding carboxylic acids is 1. The summed E-state index contributed by atoms with van der Waals surface area (Å²) >= 11 is 0. The van der Waals surface area contributed by atoms with Crippen molar-refractivity contribution in [1.29, 1.82) is 0 Å². The summed E-state index contributed by atoms with van der Waals surface area (Å²) < 4.78 is 0. The van der Waals surface area contributed by atoms with Crippen molar-refractivity contribution in [3.05, 3.63) is 0 Å². The van der Waals surface area contributed by atoms with Crippen molar-refractivity contribution in [1.82, 2.24) is 5.32 Å². The first-order chi connectivity index (χ1) is 8.08. The van der Waals surface area contributed by atoms with Gasteiger partial charge in [-0.05, 0) is 25.7 Å². The van der Waals surface area contributed by atoms with Gasteiger partial charge < -0.3 is 16.2 Å². The minimum Gasteiger partial charge on any atom is -0.394 e. The highest BCUT2D eigenvalue weighted by Crippen LogP contribution is 2.32. The zero-order valence-electron chi connectivity index (χ0n) is 11.1. The third-order valence-electron chi connectivity index (χ3n) is 4.47. The van der Waals surface area contributed by atoms with Crippen LogP contribution in [0.15, 0.2) is 0 Å². The summed E-state index contributed by atoms with van der Waals surface area (Å²) in [5.41, 5.74) is 4.91. The lowest BCUT2D eigenvalue weighted by molar-refractivity contribution is -0.133. The van der Waals surface area contributed by atoms with Gasteiger partial charge in [0.05, 0.1) is 17.6 Å². The standard InChI is InChI=1S/C13H26N2O2/c1-3-12(4-2,9-14)11(17)15-13(10-16)7-5-6-8-13/h16H,3-10,14H2,1-2H3,(H,15,17). The van der Waals surface area contributed by atoms with Crippen LogP contribution in [0.3, 0.4) is 0 Å². The predicted octanol–water partition coefficient (Wildman–Crippen LogP) is 1.17. The molecule has 1 amide bonds. The van der Waals surface area contributed by atoms with Crippen LogP contribution in [0, 0.1) is 5.41 Å². The normalized spacial score (nSPS) is 19.3. The molecule has 0 aromatic rings. The van der Waals surface area contributed by atoms with Crippen LogP contribution in [-0.4, -0.2) is 29.7 Å². The van der Waals surface area contributed by atoms with Gasteiger partial charge >= 0.3 is 0 Å². The number of nitrogens with one attached hydrogen (secondary N) is 1. The zero-order valence-corrected chi connectivity index (χ0v) is 11.1. The minimum atomic E-state index is -0.467. The Morgan fingerprint density at radius 3 is 2.24 bits per heavy atom. The summed E-state index contributed by atoms with van der Waals surface area (Å²) in [5, 5.41) is 12.6. The Morgan fingerprint density at radius 1 is 1.35 bits per heavy atom. The van der Waals surface area contributed by atoms with Gasteiger partial charge in [-0.3, -0.25) is 4.79 Å². The number of rotatable bonds is 6. The fourth-order valence-corrected chi connectivity index (χ4v) is 2.70. The first-order valence-electron chi connectivity index (χ1n) is 6.71. The van der Waals surface area contributed by atoms with E-state index in [0.29, 0.717) is 6.54 Å². The van der Waals surface area contributed by atoms with Gasteiger partial charge in [-0.15, -0.1) is 0 Å². The molecule has 4 heteroatoms. The van der Waals surface area contributed by atoms with E-state index >= 15 is 0 Å². The Labute approximate surface area is 104 Å². The van der Waals surface area contributed by atoms with Crippen LogP contribution >= 0.6 is 0 Å². The van der Waals surface area contributed by atoms with Crippen molar-refractivity contribution in [2.75, 3.05) is 13.2 Å². The number of carbonyl (C=O) groups is 1. The minimum absolute atomic E-state index is 0.0148. The number of amides is 1. The Hall–Kier alpha value is -0.610. The molecule has 1 fully saturated rings. The van der Waals surface area contributed by atoms with Gasteiger partial charge in [-0.25, -0.2) is 0 Å². The van der Waals surface area contributed by atoms with E-state index in [9.17, 15) is 9.90 Å². The Kier molecular flexibility index (Phi) is 4.95. The molecule has 0 aromatic heterocycles. The number of hydrogen-bond donors (Lipinski definition) is 3. The van der Waals surface area contributed by atoms with Crippen LogP contribution in [0.2, 0.25) is 0 Å². The summed E-state index contributed by atoms with van der Waals surface area (Å²) in [6, 6.07) is 0. The molecular weight excluding hydrogens is 216 g/mol. The van der Waals surface area contributed by atoms with Crippen LogP contribution in [-0.2, 0) is 4.79 Å². The molecule has 100 valence electrons. The van der Waals surface area contributed by atoms with Crippen molar-refractivity contribution >= 4 is 5.91 Å². The number of aliphatic hydroxyl groups is 1. The molecule has 0 heterocycles. The first kappa shape index (κ1) is 14.5. The van der Waals surface area contributed by atoms with Gasteiger partial charge in [0.1, 0.15) is 0 Å². The average molecular weight is 242 g/mol. The summed E-state index contributed by atoms with van der Waals surface area (Å²) in [7, 11) is 0. The molecule has 0 aliphatic heterocycles. The van der Waals surface area contributed by atoms with E-state index in [1.165, 1.54) is 0 Å². The molecule has 0 saturated heterocycles. The van der Waals surface area contributed by atoms with Gasteiger partial charge in [-0.2, -0.15) is 0 Å². The molecular formula is C13H26N2O2. The lowest BCUT2D eigenvalue weighted by atomic mass is 9.80. The second-order valence-corrected chi connectivity index (χ2v) is 5.29. The molecule has 1 aliphatic carbocycles. The third kappa shape index (κ3) is 2.80. The lowest BCUT2D eigenvalue weighted by Crippen LogP contribution is -2.56. The third-order valence-corrected chi connectivity index (χ3v) is 4.47. The smallest absolute Gasteiger partial charge is 0.227 e. The molecule has 0 unspecified atom stereocenters. The fourth-order valence-electron chi connectivity index (χ4n) is 2.70. The van der Waals surface area contributed by atoms with Crippen LogP contribution in [0.1, 0.15) is 52.4 Å². The molecule has 4 nitrogen and oxygen atoms in total. The summed E-state index contributed by atoms with van der Waals surface area (Å²) in [6.45, 7) is 4.40. The molecule has 0 spiro atoms. The molecule has 0 aromatic carbocycles. The maximum atomic E-state index is 12.4. The summed E-state index contributed by atoms with van der Waals surface area (Å²) in [5.74, 6) is 0.0148. The molecule has 1 aliphatic rings.